The highest BCUT2D eigenvalue weighted by Gasteiger charge is 2.35. The maximum absolute atomic E-state index is 13.7. The van der Waals surface area contributed by atoms with Gasteiger partial charge in [0.1, 0.15) is 4.90 Å². The molecule has 1 aromatic heterocycles. The highest BCUT2D eigenvalue weighted by molar-refractivity contribution is 7.89. The van der Waals surface area contributed by atoms with Crippen molar-refractivity contribution >= 4 is 15.9 Å². The normalized spacial score (nSPS) is 19.7. The SMILES string of the molecule is Cc1c(C(=O)N2CCCCCC2)c(S(=O)(=O)N[C@@H]2CCCc3ccccc32)c(C)n1C. The van der Waals surface area contributed by atoms with Crippen LogP contribution in [0.15, 0.2) is 29.2 Å². The Morgan fingerprint density at radius 1 is 1.00 bits per heavy atom. The van der Waals surface area contributed by atoms with Crippen LogP contribution in [-0.4, -0.2) is 36.9 Å². The fourth-order valence-electron chi connectivity index (χ4n) is 5.05. The Bertz CT molecular complexity index is 1080. The number of likely N-dealkylation sites (tertiary alicyclic amines) is 1. The van der Waals surface area contributed by atoms with Crippen molar-refractivity contribution in [3.63, 3.8) is 0 Å². The maximum Gasteiger partial charge on any atom is 0.257 e. The number of aromatic nitrogens is 1. The number of sulfonamides is 1. The molecule has 31 heavy (non-hydrogen) atoms. The van der Waals surface area contributed by atoms with Gasteiger partial charge in [-0.15, -0.1) is 0 Å². The third kappa shape index (κ3) is 4.17. The number of fused-ring (bicyclic) bond motifs is 1. The van der Waals surface area contributed by atoms with E-state index in [4.69, 9.17) is 0 Å². The number of hydrogen-bond donors (Lipinski definition) is 1. The molecule has 4 rings (SSSR count). The number of nitrogens with zero attached hydrogens (tertiary/aromatic N) is 2. The standard InChI is InChI=1S/C24H33N3O3S/c1-17-22(24(28)27-15-8-4-5-9-16-27)23(18(2)26(17)3)31(29,30)25-21-14-10-12-19-11-6-7-13-20(19)21/h6-7,11,13,21,25H,4-5,8-10,12,14-16H2,1-3H3/t21-/m1/s1. The summed E-state index contributed by atoms with van der Waals surface area (Å²) < 4.78 is 32.1. The Kier molecular flexibility index (Phi) is 6.26. The lowest BCUT2D eigenvalue weighted by atomic mass is 9.88. The summed E-state index contributed by atoms with van der Waals surface area (Å²) in [6.45, 7) is 5.01. The summed E-state index contributed by atoms with van der Waals surface area (Å²) in [5.74, 6) is -0.160. The van der Waals surface area contributed by atoms with E-state index in [0.29, 0.717) is 30.0 Å². The number of rotatable bonds is 4. The zero-order valence-electron chi connectivity index (χ0n) is 18.8. The smallest absolute Gasteiger partial charge is 0.257 e. The van der Waals surface area contributed by atoms with Crippen molar-refractivity contribution in [2.45, 2.75) is 69.7 Å². The van der Waals surface area contributed by atoms with Crippen molar-refractivity contribution in [1.82, 2.24) is 14.2 Å². The molecular formula is C24H33N3O3S. The van der Waals surface area contributed by atoms with Gasteiger partial charge in [-0.1, -0.05) is 37.1 Å². The first-order chi connectivity index (χ1) is 14.8. The van der Waals surface area contributed by atoms with E-state index in [0.717, 1.165) is 50.5 Å². The molecule has 2 heterocycles. The molecule has 1 aliphatic carbocycles. The maximum atomic E-state index is 13.7. The third-order valence-electron chi connectivity index (χ3n) is 6.97. The van der Waals surface area contributed by atoms with Crippen molar-refractivity contribution < 1.29 is 13.2 Å². The first-order valence-corrected chi connectivity index (χ1v) is 12.8. The number of carbonyl (C=O) groups is 1. The van der Waals surface area contributed by atoms with Crippen LogP contribution in [0.5, 0.6) is 0 Å². The Hall–Kier alpha value is -2.12. The number of carbonyl (C=O) groups excluding carboxylic acids is 1. The summed E-state index contributed by atoms with van der Waals surface area (Å²) in [5, 5.41) is 0. The fourth-order valence-corrected chi connectivity index (χ4v) is 6.82. The number of amides is 1. The van der Waals surface area contributed by atoms with E-state index in [2.05, 4.69) is 10.8 Å². The molecule has 7 heteroatoms. The van der Waals surface area contributed by atoms with Crippen LogP contribution in [-0.2, 0) is 23.5 Å². The summed E-state index contributed by atoms with van der Waals surface area (Å²) in [6.07, 6.45) is 6.84. The lowest BCUT2D eigenvalue weighted by Gasteiger charge is -2.26. The van der Waals surface area contributed by atoms with Gasteiger partial charge in [0, 0.05) is 37.6 Å². The van der Waals surface area contributed by atoms with E-state index in [1.165, 1.54) is 5.56 Å². The van der Waals surface area contributed by atoms with Crippen LogP contribution in [0, 0.1) is 13.8 Å². The van der Waals surface area contributed by atoms with E-state index >= 15 is 0 Å². The van der Waals surface area contributed by atoms with Crippen LogP contribution >= 0.6 is 0 Å². The number of hydrogen-bond acceptors (Lipinski definition) is 3. The second-order valence-corrected chi connectivity index (χ2v) is 10.6. The second-order valence-electron chi connectivity index (χ2n) is 8.91. The first kappa shape index (κ1) is 22.1. The molecule has 0 saturated carbocycles. The predicted octanol–water partition coefficient (Wildman–Crippen LogP) is 4.01. The van der Waals surface area contributed by atoms with Crippen LogP contribution in [0.2, 0.25) is 0 Å². The van der Waals surface area contributed by atoms with E-state index in [9.17, 15) is 13.2 Å². The lowest BCUT2D eigenvalue weighted by molar-refractivity contribution is 0.0757. The highest BCUT2D eigenvalue weighted by atomic mass is 32.2. The molecule has 2 aliphatic rings. The molecule has 1 aromatic carbocycles. The molecule has 1 amide bonds. The van der Waals surface area contributed by atoms with Gasteiger partial charge in [-0.3, -0.25) is 4.79 Å². The van der Waals surface area contributed by atoms with Crippen molar-refractivity contribution in [2.75, 3.05) is 13.1 Å². The number of benzene rings is 1. The molecule has 6 nitrogen and oxygen atoms in total. The van der Waals surface area contributed by atoms with Gasteiger partial charge in [-0.05, 0) is 57.1 Å². The molecule has 1 fully saturated rings. The average Bonchev–Trinajstić information content (AvgIpc) is 2.95. The summed E-state index contributed by atoms with van der Waals surface area (Å²) in [7, 11) is -2.04. The summed E-state index contributed by atoms with van der Waals surface area (Å²) >= 11 is 0. The van der Waals surface area contributed by atoms with Gasteiger partial charge < -0.3 is 9.47 Å². The number of aryl methyl sites for hydroxylation is 1. The molecule has 1 aliphatic heterocycles. The number of nitrogens with one attached hydrogen (secondary N) is 1. The molecule has 2 aromatic rings. The summed E-state index contributed by atoms with van der Waals surface area (Å²) in [4.78, 5) is 15.5. The molecular weight excluding hydrogens is 410 g/mol. The van der Waals surface area contributed by atoms with Crippen LogP contribution < -0.4 is 4.72 Å². The van der Waals surface area contributed by atoms with E-state index in [1.54, 1.807) is 6.92 Å². The van der Waals surface area contributed by atoms with Crippen LogP contribution in [0.25, 0.3) is 0 Å². The average molecular weight is 444 g/mol. The Morgan fingerprint density at radius 3 is 2.39 bits per heavy atom. The van der Waals surface area contributed by atoms with Gasteiger partial charge in [0.2, 0.25) is 10.0 Å². The molecule has 1 atom stereocenters. The molecule has 1 N–H and O–H groups in total. The minimum Gasteiger partial charge on any atom is -0.350 e. The molecule has 0 spiro atoms. The third-order valence-corrected chi connectivity index (χ3v) is 8.60. The Balaban J connectivity index is 1.72. The summed E-state index contributed by atoms with van der Waals surface area (Å²) in [6, 6.07) is 7.77. The van der Waals surface area contributed by atoms with Crippen molar-refractivity contribution in [2.24, 2.45) is 7.05 Å². The van der Waals surface area contributed by atoms with Gasteiger partial charge in [0.25, 0.3) is 5.91 Å². The lowest BCUT2D eigenvalue weighted by Crippen LogP contribution is -2.35. The van der Waals surface area contributed by atoms with Gasteiger partial charge in [0.05, 0.1) is 5.56 Å². The van der Waals surface area contributed by atoms with Crippen LogP contribution in [0.3, 0.4) is 0 Å². The van der Waals surface area contributed by atoms with Crippen LogP contribution in [0.1, 0.15) is 77.4 Å². The quantitative estimate of drug-likeness (QED) is 0.776. The van der Waals surface area contributed by atoms with Gasteiger partial charge in [0.15, 0.2) is 0 Å². The van der Waals surface area contributed by atoms with E-state index in [1.807, 2.05) is 41.6 Å². The Morgan fingerprint density at radius 2 is 1.68 bits per heavy atom. The molecule has 0 bridgehead atoms. The molecule has 0 unspecified atom stereocenters. The second kappa shape index (κ2) is 8.79. The minimum atomic E-state index is -3.88. The first-order valence-electron chi connectivity index (χ1n) is 11.4. The van der Waals surface area contributed by atoms with Gasteiger partial charge in [-0.2, -0.15) is 0 Å². The highest BCUT2D eigenvalue weighted by Crippen LogP contribution is 2.33. The molecule has 168 valence electrons. The minimum absolute atomic E-state index is 0.143. The van der Waals surface area contributed by atoms with Gasteiger partial charge >= 0.3 is 0 Å². The van der Waals surface area contributed by atoms with Crippen molar-refractivity contribution in [3.8, 4) is 0 Å². The summed E-state index contributed by atoms with van der Waals surface area (Å²) in [5.41, 5.74) is 3.88. The zero-order chi connectivity index (χ0) is 22.2. The monoisotopic (exact) mass is 443 g/mol. The molecule has 0 radical (unpaired) electrons. The predicted molar refractivity (Wildman–Crippen MR) is 122 cm³/mol. The Labute approximate surface area is 185 Å². The van der Waals surface area contributed by atoms with Gasteiger partial charge in [-0.25, -0.2) is 13.1 Å². The topological polar surface area (TPSA) is 71.4 Å². The molecule has 1 saturated heterocycles. The zero-order valence-corrected chi connectivity index (χ0v) is 19.6. The van der Waals surface area contributed by atoms with Crippen LogP contribution in [0.4, 0.5) is 0 Å². The van der Waals surface area contributed by atoms with E-state index in [-0.39, 0.29) is 16.8 Å². The van der Waals surface area contributed by atoms with E-state index < -0.39 is 10.0 Å². The van der Waals surface area contributed by atoms with Crippen molar-refractivity contribution in [3.05, 3.63) is 52.3 Å². The van der Waals surface area contributed by atoms with Crippen molar-refractivity contribution in [1.29, 1.82) is 0 Å². The fraction of sp³-hybridized carbons (Fsp3) is 0.542. The largest absolute Gasteiger partial charge is 0.350 e.